The third-order valence-electron chi connectivity index (χ3n) is 5.59. The first-order valence-corrected chi connectivity index (χ1v) is 10.7. The Bertz CT molecular complexity index is 1080. The van der Waals surface area contributed by atoms with Crippen molar-refractivity contribution in [1.82, 2.24) is 29.6 Å². The number of anilines is 1. The van der Waals surface area contributed by atoms with Gasteiger partial charge < -0.3 is 9.80 Å². The predicted octanol–water partition coefficient (Wildman–Crippen LogP) is 3.07. The summed E-state index contributed by atoms with van der Waals surface area (Å²) < 4.78 is 1.78. The second kappa shape index (κ2) is 8.45. The summed E-state index contributed by atoms with van der Waals surface area (Å²) in [6.45, 7) is 12.7. The van der Waals surface area contributed by atoms with E-state index >= 15 is 0 Å². The predicted molar refractivity (Wildman–Crippen MR) is 120 cm³/mol. The molecule has 3 aromatic rings. The molecule has 3 heterocycles. The fourth-order valence-electron chi connectivity index (χ4n) is 4.02. The van der Waals surface area contributed by atoms with Crippen molar-refractivity contribution >= 4 is 11.7 Å². The zero-order chi connectivity index (χ0) is 22.1. The number of aryl methyl sites for hydroxylation is 3. The lowest BCUT2D eigenvalue weighted by Crippen LogP contribution is -2.49. The third-order valence-corrected chi connectivity index (χ3v) is 5.59. The van der Waals surface area contributed by atoms with Crippen LogP contribution in [0.25, 0.3) is 5.69 Å². The van der Waals surface area contributed by atoms with Gasteiger partial charge in [-0.2, -0.15) is 0 Å². The number of aromatic nitrogens is 5. The molecule has 2 aromatic heterocycles. The maximum Gasteiger partial charge on any atom is 0.293 e. The Balaban J connectivity index is 1.50. The number of hydrogen-bond acceptors (Lipinski definition) is 6. The van der Waals surface area contributed by atoms with E-state index in [-0.39, 0.29) is 11.7 Å². The Kier molecular flexibility index (Phi) is 5.71. The molecule has 1 saturated heterocycles. The van der Waals surface area contributed by atoms with Gasteiger partial charge in [-0.05, 0) is 38.3 Å². The van der Waals surface area contributed by atoms with Crippen molar-refractivity contribution < 1.29 is 4.79 Å². The monoisotopic (exact) mass is 419 g/mol. The minimum absolute atomic E-state index is 0.126. The molecule has 1 aliphatic rings. The lowest BCUT2D eigenvalue weighted by Gasteiger charge is -2.35. The molecule has 8 heteroatoms. The molecule has 0 N–H and O–H groups in total. The topological polar surface area (TPSA) is 80.0 Å². The van der Waals surface area contributed by atoms with E-state index in [1.165, 1.54) is 5.56 Å². The summed E-state index contributed by atoms with van der Waals surface area (Å²) >= 11 is 0. The Morgan fingerprint density at radius 2 is 1.68 bits per heavy atom. The molecule has 0 bridgehead atoms. The molecule has 1 aliphatic heterocycles. The van der Waals surface area contributed by atoms with E-state index in [2.05, 4.69) is 44.9 Å². The van der Waals surface area contributed by atoms with Gasteiger partial charge in [0.25, 0.3) is 5.91 Å². The molecule has 1 aromatic carbocycles. The first-order chi connectivity index (χ1) is 14.8. The van der Waals surface area contributed by atoms with Crippen LogP contribution in [0.2, 0.25) is 0 Å². The lowest BCUT2D eigenvalue weighted by atomic mass is 10.0. The fourth-order valence-corrected chi connectivity index (χ4v) is 4.02. The van der Waals surface area contributed by atoms with Gasteiger partial charge >= 0.3 is 0 Å². The van der Waals surface area contributed by atoms with Gasteiger partial charge in [0.1, 0.15) is 17.5 Å². The smallest absolute Gasteiger partial charge is 0.293 e. The summed E-state index contributed by atoms with van der Waals surface area (Å²) in [6, 6.07) is 10.1. The Hall–Kier alpha value is -3.29. The van der Waals surface area contributed by atoms with Crippen LogP contribution < -0.4 is 4.90 Å². The summed E-state index contributed by atoms with van der Waals surface area (Å²) in [5.74, 6) is 2.86. The van der Waals surface area contributed by atoms with Crippen molar-refractivity contribution in [1.29, 1.82) is 0 Å². The highest BCUT2D eigenvalue weighted by Gasteiger charge is 2.27. The van der Waals surface area contributed by atoms with Gasteiger partial charge in [-0.25, -0.2) is 19.6 Å². The van der Waals surface area contributed by atoms with Crippen molar-refractivity contribution in [2.45, 2.75) is 40.5 Å². The van der Waals surface area contributed by atoms with Crippen LogP contribution >= 0.6 is 0 Å². The molecule has 0 saturated carbocycles. The lowest BCUT2D eigenvalue weighted by molar-refractivity contribution is 0.0734. The molecule has 1 amide bonds. The highest BCUT2D eigenvalue weighted by Crippen LogP contribution is 2.23. The van der Waals surface area contributed by atoms with Crippen LogP contribution in [0.1, 0.15) is 53.3 Å². The second-order valence-electron chi connectivity index (χ2n) is 8.30. The molecular formula is C23H29N7O. The van der Waals surface area contributed by atoms with E-state index in [9.17, 15) is 4.79 Å². The number of carbonyl (C=O) groups excluding carboxylic acids is 1. The van der Waals surface area contributed by atoms with E-state index in [0.29, 0.717) is 24.8 Å². The average molecular weight is 420 g/mol. The molecule has 4 rings (SSSR count). The van der Waals surface area contributed by atoms with Crippen LogP contribution in [-0.2, 0) is 0 Å². The molecule has 31 heavy (non-hydrogen) atoms. The quantitative estimate of drug-likeness (QED) is 0.647. The zero-order valence-electron chi connectivity index (χ0n) is 18.8. The van der Waals surface area contributed by atoms with Crippen molar-refractivity contribution in [3.05, 3.63) is 59.1 Å². The largest absolute Gasteiger partial charge is 0.353 e. The van der Waals surface area contributed by atoms with Gasteiger partial charge in [-0.15, -0.1) is 5.10 Å². The summed E-state index contributed by atoms with van der Waals surface area (Å²) in [4.78, 5) is 30.5. The van der Waals surface area contributed by atoms with Crippen LogP contribution in [0, 0.1) is 20.8 Å². The van der Waals surface area contributed by atoms with Gasteiger partial charge in [0.15, 0.2) is 0 Å². The van der Waals surface area contributed by atoms with E-state index < -0.39 is 0 Å². The van der Waals surface area contributed by atoms with E-state index in [1.807, 2.05) is 49.9 Å². The van der Waals surface area contributed by atoms with Crippen molar-refractivity contribution in [3.8, 4) is 5.69 Å². The van der Waals surface area contributed by atoms with Crippen LogP contribution in [0.15, 0.2) is 30.3 Å². The number of piperazine rings is 1. The standard InChI is InChI=1S/C23H29N7O/c1-15(2)19-8-6-7-9-20(19)30-18(5)26-22(27-30)23(31)29-12-10-28(11-13-29)21-14-16(3)24-17(4)25-21/h6-9,14-15H,10-13H2,1-5H3. The third kappa shape index (κ3) is 4.28. The number of amides is 1. The number of benzene rings is 1. The number of para-hydroxylation sites is 1. The maximum absolute atomic E-state index is 13.1. The van der Waals surface area contributed by atoms with Gasteiger partial charge in [-0.1, -0.05) is 32.0 Å². The first kappa shape index (κ1) is 21.0. The van der Waals surface area contributed by atoms with E-state index in [0.717, 1.165) is 36.1 Å². The van der Waals surface area contributed by atoms with Crippen molar-refractivity contribution in [3.63, 3.8) is 0 Å². The van der Waals surface area contributed by atoms with Gasteiger partial charge in [0.2, 0.25) is 5.82 Å². The zero-order valence-corrected chi connectivity index (χ0v) is 18.8. The van der Waals surface area contributed by atoms with E-state index in [4.69, 9.17) is 0 Å². The fraction of sp³-hybridized carbons (Fsp3) is 0.435. The molecular weight excluding hydrogens is 390 g/mol. The van der Waals surface area contributed by atoms with Gasteiger partial charge in [-0.3, -0.25) is 4.79 Å². The van der Waals surface area contributed by atoms with Crippen molar-refractivity contribution in [2.24, 2.45) is 0 Å². The van der Waals surface area contributed by atoms with Gasteiger partial charge in [0, 0.05) is 37.9 Å². The van der Waals surface area contributed by atoms with Crippen molar-refractivity contribution in [2.75, 3.05) is 31.1 Å². The molecule has 0 spiro atoms. The SMILES string of the molecule is Cc1cc(N2CCN(C(=O)c3nc(C)n(-c4ccccc4C(C)C)n3)CC2)nc(C)n1. The molecule has 0 aliphatic carbocycles. The molecule has 162 valence electrons. The summed E-state index contributed by atoms with van der Waals surface area (Å²) in [7, 11) is 0. The van der Waals surface area contributed by atoms with Crippen LogP contribution in [-0.4, -0.2) is 61.7 Å². The number of carbonyl (C=O) groups is 1. The molecule has 0 unspecified atom stereocenters. The second-order valence-corrected chi connectivity index (χ2v) is 8.30. The Morgan fingerprint density at radius 1 is 0.968 bits per heavy atom. The summed E-state index contributed by atoms with van der Waals surface area (Å²) in [5.41, 5.74) is 3.10. The Morgan fingerprint density at radius 3 is 2.35 bits per heavy atom. The van der Waals surface area contributed by atoms with Crippen LogP contribution in [0.5, 0.6) is 0 Å². The minimum Gasteiger partial charge on any atom is -0.353 e. The average Bonchev–Trinajstić information content (AvgIpc) is 3.14. The summed E-state index contributed by atoms with van der Waals surface area (Å²) in [6.07, 6.45) is 0. The summed E-state index contributed by atoms with van der Waals surface area (Å²) in [5, 5.41) is 4.58. The van der Waals surface area contributed by atoms with Gasteiger partial charge in [0.05, 0.1) is 5.69 Å². The molecule has 8 nitrogen and oxygen atoms in total. The molecule has 0 atom stereocenters. The highest BCUT2D eigenvalue weighted by molar-refractivity contribution is 5.90. The van der Waals surface area contributed by atoms with Crippen LogP contribution in [0.4, 0.5) is 5.82 Å². The normalized spacial score (nSPS) is 14.4. The minimum atomic E-state index is -0.126. The number of hydrogen-bond donors (Lipinski definition) is 0. The first-order valence-electron chi connectivity index (χ1n) is 10.7. The highest BCUT2D eigenvalue weighted by atomic mass is 16.2. The van der Waals surface area contributed by atoms with E-state index in [1.54, 1.807) is 4.68 Å². The number of nitrogens with zero attached hydrogens (tertiary/aromatic N) is 7. The maximum atomic E-state index is 13.1. The Labute approximate surface area is 183 Å². The van der Waals surface area contributed by atoms with Crippen LogP contribution in [0.3, 0.4) is 0 Å². The number of rotatable bonds is 4. The molecule has 1 fully saturated rings. The molecule has 0 radical (unpaired) electrons.